The van der Waals surface area contributed by atoms with Crippen LogP contribution in [0, 0.1) is 0 Å². The van der Waals surface area contributed by atoms with E-state index in [-0.39, 0.29) is 17.7 Å². The summed E-state index contributed by atoms with van der Waals surface area (Å²) < 4.78 is 4.03. The lowest BCUT2D eigenvalue weighted by molar-refractivity contribution is 0.655. The van der Waals surface area contributed by atoms with Gasteiger partial charge in [0.25, 0.3) is 5.56 Å². The highest BCUT2D eigenvalue weighted by Crippen LogP contribution is 2.23. The number of hydrogen-bond acceptors (Lipinski definition) is 6. The van der Waals surface area contributed by atoms with Gasteiger partial charge in [-0.05, 0) is 29.8 Å². The summed E-state index contributed by atoms with van der Waals surface area (Å²) in [5, 5.41) is 3.77. The molecule has 30 heavy (non-hydrogen) atoms. The SMILES string of the molecule is Cn1c(Nc2cccc(N)n2)nc2c1c(=O)n(Cc1ccc(Cl)c(Cl)c1)c(=O)n2C. The number of anilines is 3. The van der Waals surface area contributed by atoms with Crippen LogP contribution in [0.2, 0.25) is 10.0 Å². The van der Waals surface area contributed by atoms with Gasteiger partial charge >= 0.3 is 5.69 Å². The van der Waals surface area contributed by atoms with Crippen molar-refractivity contribution in [2.75, 3.05) is 11.1 Å². The van der Waals surface area contributed by atoms with E-state index in [4.69, 9.17) is 28.9 Å². The standard InChI is InChI=1S/C19H17Cl2N7O2/c1-26-15-16(25-18(26)24-14-5-3-4-13(22)23-14)27(2)19(30)28(17(15)29)9-10-6-7-11(20)12(21)8-10/h3-8H,9H2,1-2H3,(H3,22,23,24,25). The van der Waals surface area contributed by atoms with Crippen LogP contribution >= 0.6 is 23.2 Å². The monoisotopic (exact) mass is 445 g/mol. The Bertz CT molecular complexity index is 1400. The van der Waals surface area contributed by atoms with E-state index >= 15 is 0 Å². The lowest BCUT2D eigenvalue weighted by Crippen LogP contribution is -2.39. The minimum Gasteiger partial charge on any atom is -0.384 e. The van der Waals surface area contributed by atoms with Crippen LogP contribution in [0.25, 0.3) is 11.2 Å². The van der Waals surface area contributed by atoms with Gasteiger partial charge < -0.3 is 15.6 Å². The Hall–Kier alpha value is -3.30. The average Bonchev–Trinajstić information content (AvgIpc) is 3.03. The van der Waals surface area contributed by atoms with E-state index in [9.17, 15) is 9.59 Å². The fourth-order valence-corrected chi connectivity index (χ4v) is 3.47. The highest BCUT2D eigenvalue weighted by Gasteiger charge is 2.19. The molecule has 0 amide bonds. The van der Waals surface area contributed by atoms with E-state index in [1.54, 1.807) is 55.1 Å². The molecule has 3 N–H and O–H groups in total. The Morgan fingerprint density at radius 2 is 1.80 bits per heavy atom. The molecule has 1 aromatic carbocycles. The smallest absolute Gasteiger partial charge is 0.332 e. The number of nitrogen functional groups attached to an aromatic ring is 1. The first-order valence-corrected chi connectivity index (χ1v) is 9.61. The predicted octanol–water partition coefficient (Wildman–Crippen LogP) is 2.51. The number of nitrogens with one attached hydrogen (secondary N) is 1. The largest absolute Gasteiger partial charge is 0.384 e. The highest BCUT2D eigenvalue weighted by atomic mass is 35.5. The Morgan fingerprint density at radius 1 is 1.03 bits per heavy atom. The van der Waals surface area contributed by atoms with Crippen LogP contribution in [0.4, 0.5) is 17.6 Å². The molecule has 0 aliphatic heterocycles. The Balaban J connectivity index is 1.84. The topological polar surface area (TPSA) is 113 Å². The number of nitrogens with zero attached hydrogens (tertiary/aromatic N) is 5. The fourth-order valence-electron chi connectivity index (χ4n) is 3.15. The van der Waals surface area contributed by atoms with E-state index in [0.717, 1.165) is 4.57 Å². The third kappa shape index (κ3) is 3.42. The van der Waals surface area contributed by atoms with Crippen molar-refractivity contribution in [2.24, 2.45) is 14.1 Å². The third-order valence-corrected chi connectivity index (χ3v) is 5.43. The fraction of sp³-hybridized carbons (Fsp3) is 0.158. The second-order valence-electron chi connectivity index (χ2n) is 6.72. The van der Waals surface area contributed by atoms with Gasteiger partial charge in [-0.25, -0.2) is 9.78 Å². The molecular weight excluding hydrogens is 429 g/mol. The van der Waals surface area contributed by atoms with Crippen LogP contribution < -0.4 is 22.3 Å². The van der Waals surface area contributed by atoms with Gasteiger partial charge in [-0.2, -0.15) is 4.98 Å². The molecule has 4 rings (SSSR count). The van der Waals surface area contributed by atoms with Gasteiger partial charge in [-0.1, -0.05) is 35.3 Å². The zero-order valence-corrected chi connectivity index (χ0v) is 17.6. The normalized spacial score (nSPS) is 11.2. The second kappa shape index (κ2) is 7.51. The molecule has 0 aliphatic rings. The predicted molar refractivity (Wildman–Crippen MR) is 118 cm³/mol. The molecule has 0 fully saturated rings. The summed E-state index contributed by atoms with van der Waals surface area (Å²) in [7, 11) is 3.24. The van der Waals surface area contributed by atoms with E-state index in [1.165, 1.54) is 4.57 Å². The first-order chi connectivity index (χ1) is 14.3. The van der Waals surface area contributed by atoms with Gasteiger partial charge in [-0.15, -0.1) is 0 Å². The van der Waals surface area contributed by atoms with E-state index in [2.05, 4.69) is 15.3 Å². The molecule has 0 aliphatic carbocycles. The van der Waals surface area contributed by atoms with Crippen molar-refractivity contribution in [3.63, 3.8) is 0 Å². The maximum absolute atomic E-state index is 13.2. The summed E-state index contributed by atoms with van der Waals surface area (Å²) in [6.45, 7) is 0.0447. The van der Waals surface area contributed by atoms with Crippen molar-refractivity contribution in [3.8, 4) is 0 Å². The second-order valence-corrected chi connectivity index (χ2v) is 7.54. The number of aryl methyl sites for hydroxylation is 2. The van der Waals surface area contributed by atoms with Crippen molar-refractivity contribution in [2.45, 2.75) is 6.54 Å². The Labute approximate surface area is 180 Å². The zero-order valence-electron chi connectivity index (χ0n) is 16.1. The molecular formula is C19H17Cl2N7O2. The number of hydrogen-bond donors (Lipinski definition) is 2. The van der Waals surface area contributed by atoms with Crippen LogP contribution in [0.3, 0.4) is 0 Å². The molecule has 9 nitrogen and oxygen atoms in total. The van der Waals surface area contributed by atoms with E-state index in [0.29, 0.717) is 33.2 Å². The lowest BCUT2D eigenvalue weighted by atomic mass is 10.2. The molecule has 0 radical (unpaired) electrons. The molecule has 0 saturated heterocycles. The molecule has 0 spiro atoms. The maximum Gasteiger partial charge on any atom is 0.332 e. The molecule has 4 aromatic rings. The number of pyridine rings is 1. The van der Waals surface area contributed by atoms with Crippen molar-refractivity contribution in [1.82, 2.24) is 23.7 Å². The van der Waals surface area contributed by atoms with Crippen LogP contribution in [-0.2, 0) is 20.6 Å². The number of nitrogens with two attached hydrogens (primary N) is 1. The van der Waals surface area contributed by atoms with Gasteiger partial charge in [-0.3, -0.25) is 13.9 Å². The van der Waals surface area contributed by atoms with Gasteiger partial charge in [0.05, 0.1) is 16.6 Å². The summed E-state index contributed by atoms with van der Waals surface area (Å²) in [5.74, 6) is 1.16. The van der Waals surface area contributed by atoms with Gasteiger partial charge in [0, 0.05) is 14.1 Å². The molecule has 11 heteroatoms. The minimum atomic E-state index is -0.495. The number of imidazole rings is 1. The van der Waals surface area contributed by atoms with Gasteiger partial charge in [0.15, 0.2) is 11.2 Å². The quantitative estimate of drug-likeness (QED) is 0.498. The van der Waals surface area contributed by atoms with Crippen molar-refractivity contribution < 1.29 is 0 Å². The van der Waals surface area contributed by atoms with E-state index < -0.39 is 11.2 Å². The van der Waals surface area contributed by atoms with E-state index in [1.807, 2.05) is 0 Å². The van der Waals surface area contributed by atoms with Crippen LogP contribution in [0.1, 0.15) is 5.56 Å². The Kier molecular flexibility index (Phi) is 5.00. The summed E-state index contributed by atoms with van der Waals surface area (Å²) in [6, 6.07) is 10.1. The molecule has 3 aromatic heterocycles. The lowest BCUT2D eigenvalue weighted by Gasteiger charge is -2.09. The number of benzene rings is 1. The molecule has 0 atom stereocenters. The third-order valence-electron chi connectivity index (χ3n) is 4.70. The van der Waals surface area contributed by atoms with Crippen molar-refractivity contribution in [1.29, 1.82) is 0 Å². The number of halogens is 2. The molecule has 3 heterocycles. The number of rotatable bonds is 4. The summed E-state index contributed by atoms with van der Waals surface area (Å²) in [6.07, 6.45) is 0. The van der Waals surface area contributed by atoms with Crippen LogP contribution in [-0.4, -0.2) is 23.7 Å². The Morgan fingerprint density at radius 3 is 2.50 bits per heavy atom. The zero-order chi connectivity index (χ0) is 21.6. The first kappa shape index (κ1) is 20.0. The van der Waals surface area contributed by atoms with Crippen LogP contribution in [0.15, 0.2) is 46.0 Å². The molecule has 0 unspecified atom stereocenters. The summed E-state index contributed by atoms with van der Waals surface area (Å²) in [5.41, 5.74) is 5.94. The average molecular weight is 446 g/mol. The van der Waals surface area contributed by atoms with Crippen LogP contribution in [0.5, 0.6) is 0 Å². The number of aromatic nitrogens is 5. The van der Waals surface area contributed by atoms with Gasteiger partial charge in [0.1, 0.15) is 11.6 Å². The maximum atomic E-state index is 13.2. The first-order valence-electron chi connectivity index (χ1n) is 8.86. The molecule has 0 saturated carbocycles. The molecule has 154 valence electrons. The highest BCUT2D eigenvalue weighted by molar-refractivity contribution is 6.42. The summed E-state index contributed by atoms with van der Waals surface area (Å²) >= 11 is 12.0. The summed E-state index contributed by atoms with van der Waals surface area (Å²) in [4.78, 5) is 34.6. The van der Waals surface area contributed by atoms with Gasteiger partial charge in [0.2, 0.25) is 5.95 Å². The minimum absolute atomic E-state index is 0.0447. The molecule has 0 bridgehead atoms. The number of fused-ring (bicyclic) bond motifs is 1. The van der Waals surface area contributed by atoms with Crippen molar-refractivity contribution in [3.05, 3.63) is 72.8 Å². The van der Waals surface area contributed by atoms with Crippen molar-refractivity contribution >= 4 is 51.9 Å².